The minimum Gasteiger partial charge on any atom is -0.351 e. The van der Waals surface area contributed by atoms with Crippen molar-refractivity contribution in [2.24, 2.45) is 5.92 Å². The van der Waals surface area contributed by atoms with Crippen LogP contribution in [0.3, 0.4) is 0 Å². The van der Waals surface area contributed by atoms with Crippen LogP contribution in [0, 0.1) is 5.92 Å². The molecule has 1 saturated heterocycles. The lowest BCUT2D eigenvalue weighted by Gasteiger charge is -2.42. The fourth-order valence-electron chi connectivity index (χ4n) is 5.89. The third-order valence-electron chi connectivity index (χ3n) is 8.02. The van der Waals surface area contributed by atoms with Gasteiger partial charge in [-0.1, -0.05) is 30.3 Å². The van der Waals surface area contributed by atoms with Crippen molar-refractivity contribution >= 4 is 11.9 Å². The van der Waals surface area contributed by atoms with Gasteiger partial charge in [0.05, 0.1) is 12.2 Å². The second kappa shape index (κ2) is 9.80. The number of benzene rings is 1. The normalized spacial score (nSPS) is 27.3. The van der Waals surface area contributed by atoms with E-state index in [1.54, 1.807) is 0 Å². The Morgan fingerprint density at radius 3 is 2.63 bits per heavy atom. The van der Waals surface area contributed by atoms with Gasteiger partial charge in [-0.05, 0) is 57.3 Å². The number of likely N-dealkylation sites (N-methyl/N-ethyl adjacent to an activating group) is 1. The van der Waals surface area contributed by atoms with Gasteiger partial charge in [0, 0.05) is 49.5 Å². The molecule has 2 aliphatic heterocycles. The van der Waals surface area contributed by atoms with Crippen LogP contribution >= 0.6 is 0 Å². The van der Waals surface area contributed by atoms with Crippen molar-refractivity contribution in [1.29, 1.82) is 0 Å². The first kappa shape index (κ1) is 24.1. The van der Waals surface area contributed by atoms with E-state index in [9.17, 15) is 13.6 Å². The molecule has 0 radical (unpaired) electrons. The number of anilines is 1. The summed E-state index contributed by atoms with van der Waals surface area (Å²) in [5, 5.41) is 3.26. The molecule has 1 saturated carbocycles. The molecule has 0 spiro atoms. The third kappa shape index (κ3) is 5.32. The van der Waals surface area contributed by atoms with Crippen molar-refractivity contribution in [3.63, 3.8) is 0 Å². The van der Waals surface area contributed by atoms with Crippen LogP contribution in [0.5, 0.6) is 0 Å². The van der Waals surface area contributed by atoms with Crippen LogP contribution in [0.1, 0.15) is 61.8 Å². The Bertz CT molecular complexity index is 1040. The summed E-state index contributed by atoms with van der Waals surface area (Å²) in [5.41, 5.74) is 3.14. The smallest absolute Gasteiger partial charge is 0.248 e. The van der Waals surface area contributed by atoms with E-state index in [0.717, 1.165) is 37.2 Å². The number of alkyl halides is 2. The second-order valence-electron chi connectivity index (χ2n) is 10.6. The predicted octanol–water partition coefficient (Wildman–Crippen LogP) is 4.48. The first-order valence-electron chi connectivity index (χ1n) is 12.8. The van der Waals surface area contributed by atoms with Gasteiger partial charge in [0.2, 0.25) is 17.8 Å². The molecular formula is C27H35F2N5O. The molecule has 6 nitrogen and oxygen atoms in total. The highest BCUT2D eigenvalue weighted by atomic mass is 19.3. The van der Waals surface area contributed by atoms with Crippen molar-refractivity contribution < 1.29 is 13.6 Å². The molecule has 5 rings (SSSR count). The summed E-state index contributed by atoms with van der Waals surface area (Å²) in [5.74, 6) is -1.77. The zero-order chi connectivity index (χ0) is 24.6. The number of carbonyl (C=O) groups is 1. The van der Waals surface area contributed by atoms with E-state index in [0.29, 0.717) is 25.3 Å². The van der Waals surface area contributed by atoms with Crippen molar-refractivity contribution in [2.45, 2.75) is 75.9 Å². The average molecular weight is 484 g/mol. The third-order valence-corrected chi connectivity index (χ3v) is 8.02. The number of piperidine rings is 1. The Morgan fingerprint density at radius 2 is 1.89 bits per heavy atom. The van der Waals surface area contributed by atoms with Gasteiger partial charge in [0.25, 0.3) is 0 Å². The van der Waals surface area contributed by atoms with Gasteiger partial charge < -0.3 is 15.1 Å². The molecule has 3 aliphatic rings. The number of rotatable bonds is 4. The number of carbonyl (C=O) groups excluding carboxylic acids is 1. The van der Waals surface area contributed by atoms with Crippen molar-refractivity contribution in [2.75, 3.05) is 25.5 Å². The number of aromatic nitrogens is 2. The number of halogens is 2. The summed E-state index contributed by atoms with van der Waals surface area (Å²) in [4.78, 5) is 27.4. The number of nitrogens with one attached hydrogen (secondary N) is 1. The Hall–Kier alpha value is -2.61. The van der Waals surface area contributed by atoms with Crippen LogP contribution in [-0.4, -0.2) is 63.8 Å². The molecule has 3 heterocycles. The maximum absolute atomic E-state index is 13.9. The van der Waals surface area contributed by atoms with Crippen LogP contribution in [0.15, 0.2) is 36.5 Å². The van der Waals surface area contributed by atoms with Gasteiger partial charge >= 0.3 is 0 Å². The molecule has 3 atom stereocenters. The molecule has 188 valence electrons. The van der Waals surface area contributed by atoms with Gasteiger partial charge in [-0.15, -0.1) is 0 Å². The predicted molar refractivity (Wildman–Crippen MR) is 131 cm³/mol. The molecule has 35 heavy (non-hydrogen) atoms. The van der Waals surface area contributed by atoms with Crippen LogP contribution in [-0.2, 0) is 17.8 Å². The van der Waals surface area contributed by atoms with Gasteiger partial charge in [0.1, 0.15) is 0 Å². The van der Waals surface area contributed by atoms with Gasteiger partial charge in [-0.2, -0.15) is 0 Å². The molecule has 0 bridgehead atoms. The van der Waals surface area contributed by atoms with Gasteiger partial charge in [-0.3, -0.25) is 4.79 Å². The maximum Gasteiger partial charge on any atom is 0.248 e. The first-order chi connectivity index (χ1) is 16.8. The number of likely N-dealkylation sites (tertiary alicyclic amines) is 1. The molecule has 1 aromatic carbocycles. The Morgan fingerprint density at radius 1 is 1.14 bits per heavy atom. The van der Waals surface area contributed by atoms with Gasteiger partial charge in [0.15, 0.2) is 0 Å². The summed E-state index contributed by atoms with van der Waals surface area (Å²) in [6.07, 6.45) is 4.01. The molecule has 1 aliphatic carbocycles. The zero-order valence-electron chi connectivity index (χ0n) is 20.6. The Balaban J connectivity index is 1.31. The average Bonchev–Trinajstić information content (AvgIpc) is 2.85. The number of nitrogens with zero attached hydrogens (tertiary/aromatic N) is 4. The largest absolute Gasteiger partial charge is 0.351 e. The summed E-state index contributed by atoms with van der Waals surface area (Å²) in [6.45, 7) is 4.34. The molecule has 2 aromatic rings. The number of hydrogen-bond acceptors (Lipinski definition) is 5. The first-order valence-corrected chi connectivity index (χ1v) is 12.8. The quantitative estimate of drug-likeness (QED) is 0.695. The Labute approximate surface area is 206 Å². The lowest BCUT2D eigenvalue weighted by atomic mass is 9.79. The molecule has 8 heteroatoms. The summed E-state index contributed by atoms with van der Waals surface area (Å²) >= 11 is 0. The van der Waals surface area contributed by atoms with Crippen molar-refractivity contribution in [3.05, 3.63) is 53.3 Å². The minimum atomic E-state index is -2.56. The molecular weight excluding hydrogens is 448 g/mol. The lowest BCUT2D eigenvalue weighted by molar-refractivity contribution is -0.141. The fraction of sp³-hybridized carbons (Fsp3) is 0.593. The Kier molecular flexibility index (Phi) is 6.75. The van der Waals surface area contributed by atoms with E-state index in [1.807, 2.05) is 29.3 Å². The highest BCUT2D eigenvalue weighted by molar-refractivity contribution is 5.80. The van der Waals surface area contributed by atoms with Gasteiger partial charge in [-0.25, -0.2) is 18.7 Å². The van der Waals surface area contributed by atoms with E-state index in [-0.39, 0.29) is 42.7 Å². The monoisotopic (exact) mass is 483 g/mol. The highest BCUT2D eigenvalue weighted by Crippen LogP contribution is 2.36. The standard InChI is InChI=1S/C27H35F2N5O/c1-18-14-20-15-30-26(31-21-8-11-27(28,29)12-9-21)32-24(20)17-34(18)25(35)22-10-13-33(2)16-23(22)19-6-4-3-5-7-19/h3-7,15,18,21-23H,8-14,16-17H2,1-2H3,(H,30,31,32)/t18-,22+,23-/m1/s1. The molecule has 1 N–H and O–H groups in total. The van der Waals surface area contributed by atoms with Crippen molar-refractivity contribution in [3.8, 4) is 0 Å². The van der Waals surface area contributed by atoms with E-state index < -0.39 is 5.92 Å². The summed E-state index contributed by atoms with van der Waals surface area (Å²) in [7, 11) is 2.12. The van der Waals surface area contributed by atoms with Crippen LogP contribution in [0.4, 0.5) is 14.7 Å². The maximum atomic E-state index is 13.9. The van der Waals surface area contributed by atoms with Crippen LogP contribution in [0.2, 0.25) is 0 Å². The van der Waals surface area contributed by atoms with E-state index in [2.05, 4.69) is 41.3 Å². The van der Waals surface area contributed by atoms with E-state index in [4.69, 9.17) is 4.98 Å². The SMILES string of the molecule is C[C@@H]1Cc2cnc(NC3CCC(F)(F)CC3)nc2CN1C(=O)[C@H]1CCN(C)C[C@@H]1c1ccccc1. The van der Waals surface area contributed by atoms with Crippen LogP contribution in [0.25, 0.3) is 0 Å². The number of fused-ring (bicyclic) bond motifs is 1. The number of amides is 1. The molecule has 0 unspecified atom stereocenters. The summed E-state index contributed by atoms with van der Waals surface area (Å²) in [6, 6.07) is 10.4. The van der Waals surface area contributed by atoms with Crippen molar-refractivity contribution in [1.82, 2.24) is 19.8 Å². The molecule has 1 amide bonds. The summed E-state index contributed by atoms with van der Waals surface area (Å²) < 4.78 is 27.0. The molecule has 2 fully saturated rings. The van der Waals surface area contributed by atoms with E-state index >= 15 is 0 Å². The number of hydrogen-bond donors (Lipinski definition) is 1. The highest BCUT2D eigenvalue weighted by Gasteiger charge is 2.39. The topological polar surface area (TPSA) is 61.4 Å². The second-order valence-corrected chi connectivity index (χ2v) is 10.6. The fourth-order valence-corrected chi connectivity index (χ4v) is 5.89. The molecule has 1 aromatic heterocycles. The lowest BCUT2D eigenvalue weighted by Crippen LogP contribution is -2.50. The zero-order valence-corrected chi connectivity index (χ0v) is 20.6. The van der Waals surface area contributed by atoms with Crippen LogP contribution < -0.4 is 5.32 Å². The minimum absolute atomic E-state index is 0.0428. The van der Waals surface area contributed by atoms with E-state index in [1.165, 1.54) is 5.56 Å².